The molecule has 0 spiro atoms. The number of hydrogen-bond acceptors (Lipinski definition) is 5. The number of ether oxygens (including phenoxy) is 1. The molecule has 0 saturated carbocycles. The van der Waals surface area contributed by atoms with Gasteiger partial charge in [0, 0.05) is 14.2 Å². The summed E-state index contributed by atoms with van der Waals surface area (Å²) in [6.07, 6.45) is 0.0233. The van der Waals surface area contributed by atoms with E-state index in [1.807, 2.05) is 0 Å². The normalized spacial score (nSPS) is 13.8. The second-order valence-electron chi connectivity index (χ2n) is 2.53. The molecule has 5 nitrogen and oxygen atoms in total. The Morgan fingerprint density at radius 1 is 1.31 bits per heavy atom. The third kappa shape index (κ3) is 3.46. The Labute approximate surface area is 77.9 Å². The fraction of sp³-hybridized carbons (Fsp3) is 0.857. The summed E-state index contributed by atoms with van der Waals surface area (Å²) in [7, 11) is 0.717. The Hall–Kier alpha value is -0.380. The minimum atomic E-state index is -3.14. The van der Waals surface area contributed by atoms with Crippen molar-refractivity contribution in [3.8, 4) is 0 Å². The highest BCUT2D eigenvalue weighted by atomic mass is 31.2. The van der Waals surface area contributed by atoms with E-state index in [1.165, 1.54) is 21.3 Å². The van der Waals surface area contributed by atoms with Crippen LogP contribution in [0.5, 0.6) is 0 Å². The average molecular weight is 210 g/mol. The zero-order chi connectivity index (χ0) is 10.5. The monoisotopic (exact) mass is 210 g/mol. The average Bonchev–Trinajstić information content (AvgIpc) is 2.16. The van der Waals surface area contributed by atoms with Gasteiger partial charge in [0.1, 0.15) is 0 Å². The Morgan fingerprint density at radius 2 is 1.77 bits per heavy atom. The zero-order valence-electron chi connectivity index (χ0n) is 8.27. The summed E-state index contributed by atoms with van der Waals surface area (Å²) in [5, 5.41) is 0. The van der Waals surface area contributed by atoms with E-state index in [-0.39, 0.29) is 6.42 Å². The van der Waals surface area contributed by atoms with Crippen LogP contribution in [0.15, 0.2) is 0 Å². The predicted molar refractivity (Wildman–Crippen MR) is 47.7 cm³/mol. The van der Waals surface area contributed by atoms with E-state index in [0.717, 1.165) is 0 Å². The fourth-order valence-electron chi connectivity index (χ4n) is 0.871. The number of methoxy groups -OCH3 is 1. The Balaban J connectivity index is 4.31. The molecule has 0 heterocycles. The van der Waals surface area contributed by atoms with Crippen LogP contribution in [0, 0.1) is 0 Å². The molecule has 1 atom stereocenters. The first-order chi connectivity index (χ1) is 6.00. The number of carbonyl (C=O) groups excluding carboxylic acids is 1. The van der Waals surface area contributed by atoms with Crippen LogP contribution in [0.25, 0.3) is 0 Å². The van der Waals surface area contributed by atoms with Gasteiger partial charge in [0.05, 0.1) is 19.2 Å². The quantitative estimate of drug-likeness (QED) is 0.507. The molecule has 0 rings (SSSR count). The van der Waals surface area contributed by atoms with Gasteiger partial charge in [-0.1, -0.05) is 6.92 Å². The SMILES string of the molecule is COC(=O)C[C@@H](C)P(=O)(OC)OC. The lowest BCUT2D eigenvalue weighted by Gasteiger charge is -2.19. The molecule has 13 heavy (non-hydrogen) atoms. The van der Waals surface area contributed by atoms with Gasteiger partial charge in [-0.05, 0) is 0 Å². The molecule has 0 aromatic heterocycles. The molecule has 0 aliphatic heterocycles. The van der Waals surface area contributed by atoms with Crippen LogP contribution in [-0.4, -0.2) is 33.0 Å². The minimum absolute atomic E-state index is 0.0233. The molecule has 0 amide bonds. The number of esters is 1. The summed E-state index contributed by atoms with van der Waals surface area (Å²) in [5.74, 6) is -0.429. The van der Waals surface area contributed by atoms with Crippen molar-refractivity contribution >= 4 is 13.6 Å². The summed E-state index contributed by atoms with van der Waals surface area (Å²) in [5.41, 5.74) is -0.491. The van der Waals surface area contributed by atoms with Crippen LogP contribution in [0.1, 0.15) is 13.3 Å². The van der Waals surface area contributed by atoms with Crippen LogP contribution in [0.3, 0.4) is 0 Å². The molecule has 0 aliphatic rings. The highest BCUT2D eigenvalue weighted by Crippen LogP contribution is 2.52. The third-order valence-electron chi connectivity index (χ3n) is 1.74. The van der Waals surface area contributed by atoms with Crippen LogP contribution >= 0.6 is 7.60 Å². The van der Waals surface area contributed by atoms with Gasteiger partial charge in [0.25, 0.3) is 0 Å². The van der Waals surface area contributed by atoms with Crippen molar-refractivity contribution in [3.05, 3.63) is 0 Å². The van der Waals surface area contributed by atoms with Crippen molar-refractivity contribution in [1.29, 1.82) is 0 Å². The van der Waals surface area contributed by atoms with Crippen molar-refractivity contribution in [2.24, 2.45) is 0 Å². The van der Waals surface area contributed by atoms with E-state index >= 15 is 0 Å². The van der Waals surface area contributed by atoms with E-state index < -0.39 is 19.2 Å². The maximum Gasteiger partial charge on any atom is 0.333 e. The lowest BCUT2D eigenvalue weighted by atomic mass is 10.3. The van der Waals surface area contributed by atoms with Gasteiger partial charge in [0.2, 0.25) is 0 Å². The molecular formula is C7H15O5P. The molecule has 0 fully saturated rings. The zero-order valence-corrected chi connectivity index (χ0v) is 9.17. The highest BCUT2D eigenvalue weighted by Gasteiger charge is 2.31. The van der Waals surface area contributed by atoms with E-state index in [9.17, 15) is 9.36 Å². The van der Waals surface area contributed by atoms with Crippen LogP contribution in [-0.2, 0) is 23.1 Å². The molecule has 6 heteroatoms. The molecule has 0 unspecified atom stereocenters. The first-order valence-electron chi connectivity index (χ1n) is 3.78. The van der Waals surface area contributed by atoms with E-state index in [0.29, 0.717) is 0 Å². The highest BCUT2D eigenvalue weighted by molar-refractivity contribution is 7.54. The van der Waals surface area contributed by atoms with Gasteiger partial charge >= 0.3 is 13.6 Å². The second kappa shape index (κ2) is 5.37. The molecule has 0 bridgehead atoms. The maximum atomic E-state index is 11.6. The molecule has 0 radical (unpaired) electrons. The largest absolute Gasteiger partial charge is 0.469 e. The van der Waals surface area contributed by atoms with Gasteiger partial charge in [-0.3, -0.25) is 9.36 Å². The van der Waals surface area contributed by atoms with Crippen molar-refractivity contribution < 1.29 is 23.1 Å². The summed E-state index contributed by atoms with van der Waals surface area (Å²) in [4.78, 5) is 10.8. The summed E-state index contributed by atoms with van der Waals surface area (Å²) < 4.78 is 25.5. The van der Waals surface area contributed by atoms with E-state index in [4.69, 9.17) is 9.05 Å². The molecule has 0 N–H and O–H groups in total. The smallest absolute Gasteiger partial charge is 0.333 e. The second-order valence-corrected chi connectivity index (χ2v) is 5.23. The molecule has 0 saturated heterocycles. The molecule has 0 aromatic rings. The van der Waals surface area contributed by atoms with Crippen molar-refractivity contribution in [2.45, 2.75) is 19.0 Å². The first-order valence-corrected chi connectivity index (χ1v) is 5.39. The Bertz CT molecular complexity index is 207. The molecule has 0 aliphatic carbocycles. The Kier molecular flexibility index (Phi) is 5.21. The maximum absolute atomic E-state index is 11.6. The standard InChI is InChI=1S/C7H15O5P/c1-6(5-7(8)10-2)13(9,11-3)12-4/h6H,5H2,1-4H3/t6-/m1/s1. The van der Waals surface area contributed by atoms with Gasteiger partial charge in [-0.15, -0.1) is 0 Å². The number of hydrogen-bond donors (Lipinski definition) is 0. The van der Waals surface area contributed by atoms with E-state index in [1.54, 1.807) is 6.92 Å². The van der Waals surface area contributed by atoms with Gasteiger partial charge in [-0.2, -0.15) is 0 Å². The van der Waals surface area contributed by atoms with E-state index in [2.05, 4.69) is 4.74 Å². The lowest BCUT2D eigenvalue weighted by molar-refractivity contribution is -0.140. The first kappa shape index (κ1) is 12.6. The predicted octanol–water partition coefficient (Wildman–Crippen LogP) is 1.42. The molecular weight excluding hydrogens is 195 g/mol. The summed E-state index contributed by atoms with van der Waals surface area (Å²) in [6.45, 7) is 1.62. The molecule has 0 aromatic carbocycles. The third-order valence-corrected chi connectivity index (χ3v) is 4.02. The summed E-state index contributed by atoms with van der Waals surface area (Å²) >= 11 is 0. The van der Waals surface area contributed by atoms with Gasteiger partial charge < -0.3 is 13.8 Å². The number of carbonyl (C=O) groups is 1. The summed E-state index contributed by atoms with van der Waals surface area (Å²) in [6, 6.07) is 0. The number of rotatable bonds is 5. The van der Waals surface area contributed by atoms with Gasteiger partial charge in [0.15, 0.2) is 0 Å². The fourth-order valence-corrected chi connectivity index (χ4v) is 2.11. The Morgan fingerprint density at radius 3 is 2.08 bits per heavy atom. The van der Waals surface area contributed by atoms with Crippen molar-refractivity contribution in [2.75, 3.05) is 21.3 Å². The van der Waals surface area contributed by atoms with Crippen LogP contribution in [0.2, 0.25) is 0 Å². The van der Waals surface area contributed by atoms with Gasteiger partial charge in [-0.25, -0.2) is 0 Å². The minimum Gasteiger partial charge on any atom is -0.469 e. The van der Waals surface area contributed by atoms with Crippen LogP contribution < -0.4 is 0 Å². The lowest BCUT2D eigenvalue weighted by Crippen LogP contribution is -2.13. The van der Waals surface area contributed by atoms with Crippen molar-refractivity contribution in [1.82, 2.24) is 0 Å². The van der Waals surface area contributed by atoms with Crippen molar-refractivity contribution in [3.63, 3.8) is 0 Å². The van der Waals surface area contributed by atoms with Crippen LogP contribution in [0.4, 0.5) is 0 Å². The molecule has 78 valence electrons. The topological polar surface area (TPSA) is 61.8 Å².